The summed E-state index contributed by atoms with van der Waals surface area (Å²) in [6, 6.07) is 3.37. The Bertz CT molecular complexity index is 423. The van der Waals surface area contributed by atoms with Gasteiger partial charge in [-0.05, 0) is 28.1 Å². The molecule has 0 aromatic heterocycles. The molecule has 1 aromatic carbocycles. The molecule has 0 unspecified atom stereocenters. The van der Waals surface area contributed by atoms with E-state index in [0.717, 1.165) is 12.1 Å². The Morgan fingerprint density at radius 2 is 2.00 bits per heavy atom. The van der Waals surface area contributed by atoms with Crippen LogP contribution in [0.25, 0.3) is 0 Å². The van der Waals surface area contributed by atoms with Gasteiger partial charge in [-0.3, -0.25) is 0 Å². The molecule has 0 aliphatic heterocycles. The maximum Gasteiger partial charge on any atom is 0.417 e. The third kappa shape index (κ3) is 2.42. The van der Waals surface area contributed by atoms with Crippen LogP contribution in [0.3, 0.4) is 0 Å². The molecular formula is C9H5BrF3NO. The van der Waals surface area contributed by atoms with Gasteiger partial charge in [-0.1, -0.05) is 0 Å². The first-order valence-corrected chi connectivity index (χ1v) is 4.54. The number of methoxy groups -OCH3 is 1. The molecule has 0 saturated carbocycles. The van der Waals surface area contributed by atoms with Crippen LogP contribution in [0.4, 0.5) is 13.2 Å². The van der Waals surface area contributed by atoms with Crippen LogP contribution in [0.1, 0.15) is 11.1 Å². The lowest BCUT2D eigenvalue weighted by molar-refractivity contribution is -0.137. The van der Waals surface area contributed by atoms with Gasteiger partial charge in [0, 0.05) is 0 Å². The highest BCUT2D eigenvalue weighted by Gasteiger charge is 2.34. The zero-order valence-corrected chi connectivity index (χ0v) is 9.11. The lowest BCUT2D eigenvalue weighted by Gasteiger charge is -2.11. The Labute approximate surface area is 92.4 Å². The molecular weight excluding hydrogens is 275 g/mol. The summed E-state index contributed by atoms with van der Waals surface area (Å²) in [6.07, 6.45) is -4.56. The van der Waals surface area contributed by atoms with Gasteiger partial charge in [0.25, 0.3) is 0 Å². The van der Waals surface area contributed by atoms with Crippen LogP contribution >= 0.6 is 15.9 Å². The number of rotatable bonds is 1. The van der Waals surface area contributed by atoms with E-state index in [9.17, 15) is 13.2 Å². The van der Waals surface area contributed by atoms with Crippen molar-refractivity contribution in [2.75, 3.05) is 7.11 Å². The number of halogens is 4. The molecule has 0 spiro atoms. The molecule has 0 radical (unpaired) electrons. The predicted molar refractivity (Wildman–Crippen MR) is 50.4 cm³/mol. The summed E-state index contributed by atoms with van der Waals surface area (Å²) in [7, 11) is 1.26. The monoisotopic (exact) mass is 279 g/mol. The highest BCUT2D eigenvalue weighted by atomic mass is 79.9. The number of alkyl halides is 3. The van der Waals surface area contributed by atoms with Gasteiger partial charge in [0.15, 0.2) is 0 Å². The summed E-state index contributed by atoms with van der Waals surface area (Å²) < 4.78 is 42.4. The van der Waals surface area contributed by atoms with E-state index in [-0.39, 0.29) is 5.75 Å². The lowest BCUT2D eigenvalue weighted by Crippen LogP contribution is -2.08. The normalized spacial score (nSPS) is 10.9. The van der Waals surface area contributed by atoms with E-state index in [1.807, 2.05) is 0 Å². The number of benzene rings is 1. The standard InChI is InChI=1S/C9H5BrF3NO/c1-15-8-3-6(9(11,12)13)5(4-14)2-7(8)10/h2-3H,1H3. The Hall–Kier alpha value is -1.22. The first-order chi connectivity index (χ1) is 6.90. The van der Waals surface area contributed by atoms with E-state index >= 15 is 0 Å². The quantitative estimate of drug-likeness (QED) is 0.790. The molecule has 0 amide bonds. The number of nitriles is 1. The van der Waals surface area contributed by atoms with Crippen LogP contribution in [0.5, 0.6) is 5.75 Å². The second-order valence-corrected chi connectivity index (χ2v) is 3.50. The topological polar surface area (TPSA) is 33.0 Å². The number of hydrogen-bond acceptors (Lipinski definition) is 2. The van der Waals surface area contributed by atoms with Crippen molar-refractivity contribution in [3.63, 3.8) is 0 Å². The minimum absolute atomic E-state index is 0.0429. The van der Waals surface area contributed by atoms with Crippen molar-refractivity contribution in [2.24, 2.45) is 0 Å². The number of ether oxygens (including phenoxy) is 1. The Kier molecular flexibility index (Phi) is 3.25. The Morgan fingerprint density at radius 3 is 2.40 bits per heavy atom. The van der Waals surface area contributed by atoms with Crippen LogP contribution in [0, 0.1) is 11.3 Å². The number of hydrogen-bond donors (Lipinski definition) is 0. The van der Waals surface area contributed by atoms with Crippen molar-refractivity contribution in [3.8, 4) is 11.8 Å². The molecule has 15 heavy (non-hydrogen) atoms. The van der Waals surface area contributed by atoms with Crippen molar-refractivity contribution >= 4 is 15.9 Å². The van der Waals surface area contributed by atoms with Gasteiger partial charge in [0.2, 0.25) is 0 Å². The molecule has 0 bridgehead atoms. The molecule has 0 saturated heterocycles. The number of nitrogens with zero attached hydrogens (tertiary/aromatic N) is 1. The third-order valence-electron chi connectivity index (χ3n) is 1.72. The average Bonchev–Trinajstić information content (AvgIpc) is 2.15. The molecule has 0 atom stereocenters. The van der Waals surface area contributed by atoms with Gasteiger partial charge in [-0.25, -0.2) is 0 Å². The maximum absolute atomic E-state index is 12.5. The van der Waals surface area contributed by atoms with Crippen LogP contribution < -0.4 is 4.74 Å². The first kappa shape index (κ1) is 11.9. The highest BCUT2D eigenvalue weighted by molar-refractivity contribution is 9.10. The van der Waals surface area contributed by atoms with E-state index in [1.54, 1.807) is 0 Å². The molecule has 0 fully saturated rings. The van der Waals surface area contributed by atoms with Crippen molar-refractivity contribution in [1.82, 2.24) is 0 Å². The Balaban J connectivity index is 3.44. The minimum atomic E-state index is -4.56. The lowest BCUT2D eigenvalue weighted by atomic mass is 10.1. The largest absolute Gasteiger partial charge is 0.496 e. The molecule has 80 valence electrons. The molecule has 0 heterocycles. The maximum atomic E-state index is 12.5. The average molecular weight is 280 g/mol. The zero-order chi connectivity index (χ0) is 11.6. The van der Waals surface area contributed by atoms with Crippen LogP contribution in [0.15, 0.2) is 16.6 Å². The SMILES string of the molecule is COc1cc(C(F)(F)F)c(C#N)cc1Br. The Morgan fingerprint density at radius 1 is 1.40 bits per heavy atom. The summed E-state index contributed by atoms with van der Waals surface area (Å²) in [6.45, 7) is 0. The van der Waals surface area contributed by atoms with Gasteiger partial charge in [-0.2, -0.15) is 18.4 Å². The third-order valence-corrected chi connectivity index (χ3v) is 2.34. The molecule has 2 nitrogen and oxygen atoms in total. The molecule has 0 aliphatic carbocycles. The van der Waals surface area contributed by atoms with Gasteiger partial charge < -0.3 is 4.74 Å². The molecule has 0 N–H and O–H groups in total. The van der Waals surface area contributed by atoms with E-state index < -0.39 is 17.3 Å². The fourth-order valence-electron chi connectivity index (χ4n) is 1.04. The van der Waals surface area contributed by atoms with Gasteiger partial charge in [0.1, 0.15) is 5.75 Å². The fraction of sp³-hybridized carbons (Fsp3) is 0.222. The first-order valence-electron chi connectivity index (χ1n) is 3.75. The second kappa shape index (κ2) is 4.11. The fourth-order valence-corrected chi connectivity index (χ4v) is 1.54. The van der Waals surface area contributed by atoms with Crippen LogP contribution in [-0.4, -0.2) is 7.11 Å². The smallest absolute Gasteiger partial charge is 0.417 e. The van der Waals surface area contributed by atoms with Crippen molar-refractivity contribution in [1.29, 1.82) is 5.26 Å². The van der Waals surface area contributed by atoms with Crippen molar-refractivity contribution in [2.45, 2.75) is 6.18 Å². The second-order valence-electron chi connectivity index (χ2n) is 2.64. The van der Waals surface area contributed by atoms with Crippen LogP contribution in [0.2, 0.25) is 0 Å². The summed E-state index contributed by atoms with van der Waals surface area (Å²) in [5, 5.41) is 8.56. The highest BCUT2D eigenvalue weighted by Crippen LogP contribution is 2.37. The van der Waals surface area contributed by atoms with Crippen LogP contribution in [-0.2, 0) is 6.18 Å². The molecule has 1 aromatic rings. The zero-order valence-electron chi connectivity index (χ0n) is 7.52. The van der Waals surface area contributed by atoms with Gasteiger partial charge in [0.05, 0.1) is 28.8 Å². The van der Waals surface area contributed by atoms with Crippen molar-refractivity contribution in [3.05, 3.63) is 27.7 Å². The summed E-state index contributed by atoms with van der Waals surface area (Å²) >= 11 is 3.01. The van der Waals surface area contributed by atoms with Gasteiger partial charge >= 0.3 is 6.18 Å². The molecule has 1 rings (SSSR count). The van der Waals surface area contributed by atoms with E-state index in [0.29, 0.717) is 4.47 Å². The summed E-state index contributed by atoms with van der Waals surface area (Å²) in [5.74, 6) is 0.0429. The van der Waals surface area contributed by atoms with E-state index in [1.165, 1.54) is 13.2 Å². The van der Waals surface area contributed by atoms with E-state index in [4.69, 9.17) is 10.00 Å². The molecule has 6 heteroatoms. The van der Waals surface area contributed by atoms with Crippen molar-refractivity contribution < 1.29 is 17.9 Å². The van der Waals surface area contributed by atoms with E-state index in [2.05, 4.69) is 15.9 Å². The van der Waals surface area contributed by atoms with Gasteiger partial charge in [-0.15, -0.1) is 0 Å². The summed E-state index contributed by atoms with van der Waals surface area (Å²) in [5.41, 5.74) is -1.43. The minimum Gasteiger partial charge on any atom is -0.496 e. The molecule has 0 aliphatic rings. The summed E-state index contributed by atoms with van der Waals surface area (Å²) in [4.78, 5) is 0. The predicted octanol–water partition coefficient (Wildman–Crippen LogP) is 3.35.